The zero-order chi connectivity index (χ0) is 14.5. The molecule has 3 heteroatoms. The van der Waals surface area contributed by atoms with Gasteiger partial charge in [0, 0.05) is 12.7 Å². The Morgan fingerprint density at radius 2 is 1.90 bits per heavy atom. The van der Waals surface area contributed by atoms with Crippen molar-refractivity contribution in [2.75, 3.05) is 11.9 Å². The highest BCUT2D eigenvalue weighted by molar-refractivity contribution is 5.31. The van der Waals surface area contributed by atoms with Gasteiger partial charge in [-0.1, -0.05) is 45.0 Å². The molecule has 20 heavy (non-hydrogen) atoms. The van der Waals surface area contributed by atoms with Crippen molar-refractivity contribution < 1.29 is 0 Å². The maximum atomic E-state index is 4.54. The van der Waals surface area contributed by atoms with E-state index in [0.717, 1.165) is 31.2 Å². The molecule has 0 aliphatic heterocycles. The minimum Gasteiger partial charge on any atom is -0.356 e. The van der Waals surface area contributed by atoms with E-state index in [1.165, 1.54) is 11.1 Å². The molecule has 1 N–H and O–H groups in total. The van der Waals surface area contributed by atoms with Gasteiger partial charge in [0.25, 0.3) is 0 Å². The molecule has 108 valence electrons. The highest BCUT2D eigenvalue weighted by Crippen LogP contribution is 2.17. The van der Waals surface area contributed by atoms with E-state index in [4.69, 9.17) is 0 Å². The molecule has 0 saturated carbocycles. The topological polar surface area (TPSA) is 29.9 Å². The van der Waals surface area contributed by atoms with Crippen LogP contribution in [0.4, 0.5) is 5.95 Å². The number of imidazole rings is 1. The predicted octanol–water partition coefficient (Wildman–Crippen LogP) is 4.19. The number of anilines is 1. The van der Waals surface area contributed by atoms with Crippen molar-refractivity contribution in [3.05, 3.63) is 47.3 Å². The van der Waals surface area contributed by atoms with Gasteiger partial charge in [0.05, 0.1) is 12.2 Å². The van der Waals surface area contributed by atoms with Crippen molar-refractivity contribution in [3.8, 4) is 0 Å². The number of hydrogen-bond donors (Lipinski definition) is 1. The van der Waals surface area contributed by atoms with Crippen molar-refractivity contribution in [2.24, 2.45) is 0 Å². The molecule has 0 spiro atoms. The first kappa shape index (κ1) is 14.6. The average molecular weight is 271 g/mol. The molecule has 0 aliphatic rings. The molecule has 0 amide bonds. The standard InChI is InChI=1S/C17H25N3/c1-5-10-18-17-19-14(4)11-20(17)12-15-6-8-16(9-7-15)13(2)3/h6-9,11,13H,5,10,12H2,1-4H3,(H,18,19). The lowest BCUT2D eigenvalue weighted by molar-refractivity contribution is 0.790. The van der Waals surface area contributed by atoms with E-state index in [1.807, 2.05) is 6.92 Å². The average Bonchev–Trinajstić information content (AvgIpc) is 2.77. The summed E-state index contributed by atoms with van der Waals surface area (Å²) in [5, 5.41) is 3.39. The second-order valence-electron chi connectivity index (χ2n) is 5.66. The van der Waals surface area contributed by atoms with Crippen molar-refractivity contribution in [1.29, 1.82) is 0 Å². The lowest BCUT2D eigenvalue weighted by Crippen LogP contribution is -2.08. The van der Waals surface area contributed by atoms with Gasteiger partial charge in [0.2, 0.25) is 5.95 Å². The van der Waals surface area contributed by atoms with Crippen LogP contribution in [0.5, 0.6) is 0 Å². The number of aromatic nitrogens is 2. The third-order valence-electron chi connectivity index (χ3n) is 3.43. The summed E-state index contributed by atoms with van der Waals surface area (Å²) in [6, 6.07) is 8.88. The van der Waals surface area contributed by atoms with Crippen molar-refractivity contribution in [1.82, 2.24) is 9.55 Å². The quantitative estimate of drug-likeness (QED) is 0.854. The van der Waals surface area contributed by atoms with Gasteiger partial charge in [0.1, 0.15) is 0 Å². The summed E-state index contributed by atoms with van der Waals surface area (Å²) < 4.78 is 2.19. The Balaban J connectivity index is 2.12. The van der Waals surface area contributed by atoms with Gasteiger partial charge in [-0.15, -0.1) is 0 Å². The molecule has 2 aromatic rings. The number of aryl methyl sites for hydroxylation is 1. The molecular formula is C17H25N3. The van der Waals surface area contributed by atoms with E-state index in [2.05, 4.69) is 66.1 Å². The second kappa shape index (κ2) is 6.60. The molecule has 2 rings (SSSR count). The molecule has 0 bridgehead atoms. The first-order chi connectivity index (χ1) is 9.60. The number of nitrogens with one attached hydrogen (secondary N) is 1. The summed E-state index contributed by atoms with van der Waals surface area (Å²) in [4.78, 5) is 4.54. The van der Waals surface area contributed by atoms with Gasteiger partial charge < -0.3 is 9.88 Å². The van der Waals surface area contributed by atoms with Crippen LogP contribution >= 0.6 is 0 Å². The highest BCUT2D eigenvalue weighted by Gasteiger charge is 2.06. The number of rotatable bonds is 6. The van der Waals surface area contributed by atoms with Crippen LogP contribution in [0.1, 0.15) is 49.9 Å². The third-order valence-corrected chi connectivity index (χ3v) is 3.43. The lowest BCUT2D eigenvalue weighted by atomic mass is 10.0. The van der Waals surface area contributed by atoms with Gasteiger partial charge in [-0.05, 0) is 30.4 Å². The van der Waals surface area contributed by atoms with E-state index in [9.17, 15) is 0 Å². The molecule has 3 nitrogen and oxygen atoms in total. The Morgan fingerprint density at radius 1 is 1.20 bits per heavy atom. The van der Waals surface area contributed by atoms with Gasteiger partial charge in [-0.2, -0.15) is 0 Å². The fourth-order valence-corrected chi connectivity index (χ4v) is 2.25. The largest absolute Gasteiger partial charge is 0.356 e. The van der Waals surface area contributed by atoms with E-state index in [0.29, 0.717) is 5.92 Å². The van der Waals surface area contributed by atoms with Crippen LogP contribution in [0.3, 0.4) is 0 Å². The Morgan fingerprint density at radius 3 is 2.50 bits per heavy atom. The van der Waals surface area contributed by atoms with Crippen molar-refractivity contribution in [3.63, 3.8) is 0 Å². The Bertz CT molecular complexity index is 538. The van der Waals surface area contributed by atoms with Gasteiger partial charge >= 0.3 is 0 Å². The van der Waals surface area contributed by atoms with Gasteiger partial charge in [-0.3, -0.25) is 0 Å². The highest BCUT2D eigenvalue weighted by atomic mass is 15.2. The Labute approximate surface area is 122 Å². The predicted molar refractivity (Wildman–Crippen MR) is 85.4 cm³/mol. The van der Waals surface area contributed by atoms with E-state index < -0.39 is 0 Å². The minimum absolute atomic E-state index is 0.585. The van der Waals surface area contributed by atoms with Crippen LogP contribution in [0.2, 0.25) is 0 Å². The number of benzene rings is 1. The monoisotopic (exact) mass is 271 g/mol. The summed E-state index contributed by atoms with van der Waals surface area (Å²) in [6.45, 7) is 10.5. The molecular weight excluding hydrogens is 246 g/mol. The summed E-state index contributed by atoms with van der Waals surface area (Å²) in [6.07, 6.45) is 3.21. The Hall–Kier alpha value is -1.77. The number of hydrogen-bond acceptors (Lipinski definition) is 2. The van der Waals surface area contributed by atoms with E-state index >= 15 is 0 Å². The van der Waals surface area contributed by atoms with Gasteiger partial charge in [-0.25, -0.2) is 4.98 Å². The molecule has 0 aliphatic carbocycles. The molecule has 0 radical (unpaired) electrons. The molecule has 0 unspecified atom stereocenters. The van der Waals surface area contributed by atoms with Crippen LogP contribution in [-0.4, -0.2) is 16.1 Å². The van der Waals surface area contributed by atoms with Crippen LogP contribution < -0.4 is 5.32 Å². The maximum Gasteiger partial charge on any atom is 0.203 e. The lowest BCUT2D eigenvalue weighted by Gasteiger charge is -2.10. The summed E-state index contributed by atoms with van der Waals surface area (Å²) in [5.41, 5.74) is 3.76. The van der Waals surface area contributed by atoms with E-state index in [-0.39, 0.29) is 0 Å². The van der Waals surface area contributed by atoms with Gasteiger partial charge in [0.15, 0.2) is 0 Å². The first-order valence-corrected chi connectivity index (χ1v) is 7.46. The Kier molecular flexibility index (Phi) is 4.83. The minimum atomic E-state index is 0.585. The number of nitrogens with zero attached hydrogens (tertiary/aromatic N) is 2. The fraction of sp³-hybridized carbons (Fsp3) is 0.471. The second-order valence-corrected chi connectivity index (χ2v) is 5.66. The maximum absolute atomic E-state index is 4.54. The molecule has 1 aromatic heterocycles. The summed E-state index contributed by atoms with van der Waals surface area (Å²) in [7, 11) is 0. The first-order valence-electron chi connectivity index (χ1n) is 7.46. The molecule has 0 atom stereocenters. The van der Waals surface area contributed by atoms with Crippen LogP contribution in [0.25, 0.3) is 0 Å². The SMILES string of the molecule is CCCNc1nc(C)cn1Cc1ccc(C(C)C)cc1. The van der Waals surface area contributed by atoms with Crippen LogP contribution in [0, 0.1) is 6.92 Å². The molecule has 1 aromatic carbocycles. The van der Waals surface area contributed by atoms with E-state index in [1.54, 1.807) is 0 Å². The molecule has 1 heterocycles. The third kappa shape index (κ3) is 3.62. The molecule has 0 saturated heterocycles. The zero-order valence-electron chi connectivity index (χ0n) is 13.0. The summed E-state index contributed by atoms with van der Waals surface area (Å²) >= 11 is 0. The normalized spacial score (nSPS) is 11.1. The smallest absolute Gasteiger partial charge is 0.203 e. The molecule has 0 fully saturated rings. The fourth-order valence-electron chi connectivity index (χ4n) is 2.25. The summed E-state index contributed by atoms with van der Waals surface area (Å²) in [5.74, 6) is 1.55. The van der Waals surface area contributed by atoms with Crippen LogP contribution in [0.15, 0.2) is 30.5 Å². The van der Waals surface area contributed by atoms with Crippen molar-refractivity contribution >= 4 is 5.95 Å². The van der Waals surface area contributed by atoms with Crippen molar-refractivity contribution in [2.45, 2.75) is 46.6 Å². The zero-order valence-corrected chi connectivity index (χ0v) is 13.0. The van der Waals surface area contributed by atoms with Crippen LogP contribution in [-0.2, 0) is 6.54 Å².